The minimum Gasteiger partial charge on any atom is -0.403 e. The average molecular weight is 480 g/mol. The number of rotatable bonds is 5. The van der Waals surface area contributed by atoms with Gasteiger partial charge in [-0.15, -0.1) is 0 Å². The van der Waals surface area contributed by atoms with Crippen molar-refractivity contribution in [1.29, 1.82) is 0 Å². The molecule has 2 atom stereocenters. The van der Waals surface area contributed by atoms with Crippen molar-refractivity contribution >= 4 is 50.9 Å². The fourth-order valence-corrected chi connectivity index (χ4v) is 4.56. The molecular weight excluding hydrogens is 453 g/mol. The molecule has 2 aromatic rings. The van der Waals surface area contributed by atoms with Crippen molar-refractivity contribution in [3.8, 4) is 0 Å². The third kappa shape index (κ3) is 4.35. The van der Waals surface area contributed by atoms with E-state index in [1.807, 2.05) is 12.1 Å². The highest BCUT2D eigenvalue weighted by Gasteiger charge is 2.44. The number of hydrogen-bond donors (Lipinski definition) is 3. The summed E-state index contributed by atoms with van der Waals surface area (Å²) >= 11 is 12.7. The van der Waals surface area contributed by atoms with E-state index in [0.29, 0.717) is 29.9 Å². The topological polar surface area (TPSA) is 112 Å². The summed E-state index contributed by atoms with van der Waals surface area (Å²) in [4.78, 5) is 17.4. The molecule has 2 saturated heterocycles. The van der Waals surface area contributed by atoms with Gasteiger partial charge in [0.1, 0.15) is 5.17 Å². The molecule has 3 heterocycles. The van der Waals surface area contributed by atoms with Crippen LogP contribution in [0.4, 0.5) is 11.6 Å². The van der Waals surface area contributed by atoms with Crippen molar-refractivity contribution in [1.82, 2.24) is 14.9 Å². The Bertz CT molecular complexity index is 1060. The van der Waals surface area contributed by atoms with Gasteiger partial charge in [0.25, 0.3) is 0 Å². The molecule has 4 N–H and O–H groups in total. The monoisotopic (exact) mass is 479 g/mol. The molecule has 2 aliphatic heterocycles. The first kappa shape index (κ1) is 23.0. The van der Waals surface area contributed by atoms with Crippen LogP contribution in [0.5, 0.6) is 0 Å². The summed E-state index contributed by atoms with van der Waals surface area (Å²) in [5.74, 6) is 0.359. The number of nitrogens with two attached hydrogens (primary N) is 1. The molecule has 4 rings (SSSR count). The van der Waals surface area contributed by atoms with E-state index in [2.05, 4.69) is 37.0 Å². The Morgan fingerprint density at radius 1 is 1.38 bits per heavy atom. The van der Waals surface area contributed by atoms with Crippen LogP contribution in [0.1, 0.15) is 6.92 Å². The van der Waals surface area contributed by atoms with Gasteiger partial charge in [0.15, 0.2) is 0 Å². The SMILES string of the molecule is CN=C(Cl)/C(=C\N)Nc1ncc2cc(Cl)c(N3CCN(C4(C)COCC4O)CC3)cc2n1. The number of aliphatic imine (C=N–C) groups is 1. The first-order valence-electron chi connectivity index (χ1n) is 10.4. The van der Waals surface area contributed by atoms with E-state index in [4.69, 9.17) is 33.7 Å². The molecule has 0 spiro atoms. The Hall–Kier alpha value is -2.17. The summed E-state index contributed by atoms with van der Waals surface area (Å²) in [6.45, 7) is 6.18. The number of piperazine rings is 1. The molecule has 32 heavy (non-hydrogen) atoms. The highest BCUT2D eigenvalue weighted by molar-refractivity contribution is 6.69. The van der Waals surface area contributed by atoms with Gasteiger partial charge in [-0.25, -0.2) is 9.97 Å². The molecule has 11 heteroatoms. The quantitative estimate of drug-likeness (QED) is 0.558. The Morgan fingerprint density at radius 3 is 2.75 bits per heavy atom. The number of ether oxygens (including phenoxy) is 1. The summed E-state index contributed by atoms with van der Waals surface area (Å²) in [6, 6.07) is 3.84. The number of halogens is 2. The van der Waals surface area contributed by atoms with Gasteiger partial charge in [-0.3, -0.25) is 9.89 Å². The van der Waals surface area contributed by atoms with E-state index in [9.17, 15) is 5.11 Å². The maximum atomic E-state index is 10.4. The Kier molecular flexibility index (Phi) is 6.73. The molecule has 0 radical (unpaired) electrons. The number of aliphatic hydroxyl groups excluding tert-OH is 1. The van der Waals surface area contributed by atoms with Crippen LogP contribution < -0.4 is 16.0 Å². The van der Waals surface area contributed by atoms with Gasteiger partial charge in [-0.05, 0) is 19.1 Å². The number of nitrogens with zero attached hydrogens (tertiary/aromatic N) is 5. The van der Waals surface area contributed by atoms with E-state index in [1.165, 1.54) is 6.20 Å². The second-order valence-electron chi connectivity index (χ2n) is 8.14. The molecule has 9 nitrogen and oxygen atoms in total. The minimum absolute atomic E-state index is 0.234. The van der Waals surface area contributed by atoms with Crippen LogP contribution in [0.25, 0.3) is 10.9 Å². The molecule has 1 aromatic carbocycles. The number of fused-ring (bicyclic) bond motifs is 1. The molecule has 0 saturated carbocycles. The fourth-order valence-electron chi connectivity index (χ4n) is 4.16. The lowest BCUT2D eigenvalue weighted by Gasteiger charge is -2.45. The van der Waals surface area contributed by atoms with Crippen LogP contribution in [-0.2, 0) is 4.74 Å². The number of aliphatic hydroxyl groups is 1. The molecule has 1 aromatic heterocycles. The van der Waals surface area contributed by atoms with Crippen molar-refractivity contribution in [3.05, 3.63) is 35.2 Å². The van der Waals surface area contributed by atoms with E-state index in [0.717, 1.165) is 42.8 Å². The number of benzene rings is 1. The predicted octanol–water partition coefficient (Wildman–Crippen LogP) is 2.03. The van der Waals surface area contributed by atoms with Gasteiger partial charge < -0.3 is 25.8 Å². The molecule has 0 bridgehead atoms. The number of allylic oxidation sites excluding steroid dienone is 1. The van der Waals surface area contributed by atoms with Crippen LogP contribution in [0, 0.1) is 0 Å². The molecule has 172 valence electrons. The van der Waals surface area contributed by atoms with Crippen molar-refractivity contribution in [2.75, 3.05) is 56.7 Å². The smallest absolute Gasteiger partial charge is 0.227 e. The Balaban J connectivity index is 1.54. The van der Waals surface area contributed by atoms with E-state index >= 15 is 0 Å². The maximum absolute atomic E-state index is 10.4. The van der Waals surface area contributed by atoms with Gasteiger partial charge >= 0.3 is 0 Å². The molecular formula is C21H27Cl2N7O2. The van der Waals surface area contributed by atoms with Crippen LogP contribution >= 0.6 is 23.2 Å². The van der Waals surface area contributed by atoms with Gasteiger partial charge in [-0.1, -0.05) is 23.2 Å². The van der Waals surface area contributed by atoms with Crippen molar-refractivity contribution in [3.63, 3.8) is 0 Å². The number of anilines is 2. The summed E-state index contributed by atoms with van der Waals surface area (Å²) < 4.78 is 5.50. The van der Waals surface area contributed by atoms with E-state index in [-0.39, 0.29) is 10.7 Å². The highest BCUT2D eigenvalue weighted by atomic mass is 35.5. The van der Waals surface area contributed by atoms with Gasteiger partial charge in [0.05, 0.1) is 46.8 Å². The first-order valence-corrected chi connectivity index (χ1v) is 11.1. The second-order valence-corrected chi connectivity index (χ2v) is 8.90. The summed E-state index contributed by atoms with van der Waals surface area (Å²) in [5, 5.41) is 15.1. The normalized spacial score (nSPS) is 25.5. The van der Waals surface area contributed by atoms with Crippen LogP contribution in [-0.4, -0.2) is 83.2 Å². The molecule has 2 aliphatic rings. The van der Waals surface area contributed by atoms with Crippen LogP contribution in [0.15, 0.2) is 35.2 Å². The van der Waals surface area contributed by atoms with E-state index < -0.39 is 6.10 Å². The summed E-state index contributed by atoms with van der Waals surface area (Å²) in [5.41, 5.74) is 7.37. The zero-order valence-corrected chi connectivity index (χ0v) is 19.6. The zero-order chi connectivity index (χ0) is 22.9. The minimum atomic E-state index is -0.473. The highest BCUT2D eigenvalue weighted by Crippen LogP contribution is 2.33. The lowest BCUT2D eigenvalue weighted by atomic mass is 9.95. The number of nitrogens with one attached hydrogen (secondary N) is 1. The molecule has 0 aliphatic carbocycles. The lowest BCUT2D eigenvalue weighted by molar-refractivity contribution is 0.00884. The number of aromatic nitrogens is 2. The predicted molar refractivity (Wildman–Crippen MR) is 129 cm³/mol. The van der Waals surface area contributed by atoms with Crippen molar-refractivity contribution in [2.24, 2.45) is 10.7 Å². The average Bonchev–Trinajstić information content (AvgIpc) is 3.15. The Morgan fingerprint density at radius 2 is 2.12 bits per heavy atom. The zero-order valence-electron chi connectivity index (χ0n) is 18.1. The lowest BCUT2D eigenvalue weighted by Crippen LogP contribution is -2.60. The van der Waals surface area contributed by atoms with Gasteiger partial charge in [0.2, 0.25) is 5.95 Å². The van der Waals surface area contributed by atoms with E-state index in [1.54, 1.807) is 13.2 Å². The number of hydrogen-bond acceptors (Lipinski definition) is 9. The van der Waals surface area contributed by atoms with Crippen LogP contribution in [0.3, 0.4) is 0 Å². The van der Waals surface area contributed by atoms with Crippen molar-refractivity contribution in [2.45, 2.75) is 18.6 Å². The first-order chi connectivity index (χ1) is 15.4. The Labute approximate surface area is 196 Å². The van der Waals surface area contributed by atoms with Gasteiger partial charge in [0, 0.05) is 51.0 Å². The third-order valence-electron chi connectivity index (χ3n) is 6.21. The third-order valence-corrected chi connectivity index (χ3v) is 6.89. The largest absolute Gasteiger partial charge is 0.403 e. The summed E-state index contributed by atoms with van der Waals surface area (Å²) in [7, 11) is 1.57. The van der Waals surface area contributed by atoms with Gasteiger partial charge in [-0.2, -0.15) is 0 Å². The van der Waals surface area contributed by atoms with Crippen molar-refractivity contribution < 1.29 is 9.84 Å². The molecule has 0 amide bonds. The van der Waals surface area contributed by atoms with Crippen LogP contribution in [0.2, 0.25) is 5.02 Å². The standard InChI is InChI=1S/C21H27Cl2N7O2/c1-21(12-32-11-18(21)31)30-5-3-29(4-6-30)17-8-15-13(7-14(17)22)10-26-20(27-15)28-16(9-24)19(23)25-2/h7-10,18,31H,3-6,11-12,24H2,1-2H3,(H,26,27,28)/b16-9+,25-19?. The maximum Gasteiger partial charge on any atom is 0.227 e. The fraction of sp³-hybridized carbons (Fsp3) is 0.476. The second kappa shape index (κ2) is 9.36. The molecule has 2 fully saturated rings. The summed E-state index contributed by atoms with van der Waals surface area (Å²) in [6.07, 6.45) is 2.55. The molecule has 2 unspecified atom stereocenters.